The maximum Gasteiger partial charge on any atom is 0.0366 e. The van der Waals surface area contributed by atoms with Crippen molar-refractivity contribution < 1.29 is 0 Å². The molecule has 0 saturated heterocycles. The summed E-state index contributed by atoms with van der Waals surface area (Å²) in [5.74, 6) is 0. The summed E-state index contributed by atoms with van der Waals surface area (Å²) in [6.45, 7) is 7.03. The van der Waals surface area contributed by atoms with Crippen LogP contribution in [0.25, 0.3) is 0 Å². The van der Waals surface area contributed by atoms with E-state index in [1.54, 1.807) is 0 Å². The number of hydrogen-bond donors (Lipinski definition) is 1. The third-order valence-corrected chi connectivity index (χ3v) is 3.05. The zero-order chi connectivity index (χ0) is 11.1. The summed E-state index contributed by atoms with van der Waals surface area (Å²) >= 11 is 3.58. The molecule has 0 aromatic heterocycles. The first-order valence-corrected chi connectivity index (χ1v) is 6.17. The fourth-order valence-electron chi connectivity index (χ4n) is 1.56. The second-order valence-corrected chi connectivity index (χ2v) is 4.41. The molecule has 1 atom stereocenters. The van der Waals surface area contributed by atoms with Crippen molar-refractivity contribution in [2.75, 3.05) is 6.54 Å². The van der Waals surface area contributed by atoms with Crippen LogP contribution < -0.4 is 5.32 Å². The average molecular weight is 268 g/mol. The molecule has 0 spiro atoms. The van der Waals surface area contributed by atoms with Crippen molar-refractivity contribution in [1.29, 1.82) is 0 Å². The Labute approximate surface area is 101 Å². The Bertz CT molecular complexity index is 309. The van der Waals surface area contributed by atoms with Crippen LogP contribution in [0, 0.1) is 0 Å². The molecule has 1 nitrogen and oxygen atoms in total. The monoisotopic (exact) mass is 267 g/mol. The molecule has 0 aliphatic heterocycles. The van der Waals surface area contributed by atoms with E-state index >= 15 is 0 Å². The summed E-state index contributed by atoms with van der Waals surface area (Å²) in [4.78, 5) is 0. The zero-order valence-corrected chi connectivity index (χ0v) is 10.8. The highest BCUT2D eigenvalue weighted by atomic mass is 79.9. The number of benzene rings is 1. The summed E-state index contributed by atoms with van der Waals surface area (Å²) in [7, 11) is 0. The van der Waals surface area contributed by atoms with E-state index in [0.717, 1.165) is 19.4 Å². The van der Waals surface area contributed by atoms with E-state index in [1.165, 1.54) is 10.0 Å². The molecule has 82 valence electrons. The molecule has 1 unspecified atom stereocenters. The van der Waals surface area contributed by atoms with Crippen LogP contribution in [0.2, 0.25) is 0 Å². The van der Waals surface area contributed by atoms with Crippen molar-refractivity contribution in [1.82, 2.24) is 5.32 Å². The highest BCUT2D eigenvalue weighted by Crippen LogP contribution is 2.25. The van der Waals surface area contributed by atoms with Gasteiger partial charge in [0, 0.05) is 10.5 Å². The molecule has 0 radical (unpaired) electrons. The van der Waals surface area contributed by atoms with Gasteiger partial charge in [-0.15, -0.1) is 6.58 Å². The lowest BCUT2D eigenvalue weighted by atomic mass is 10.0. The zero-order valence-electron chi connectivity index (χ0n) is 9.17. The largest absolute Gasteiger partial charge is 0.310 e. The Hall–Kier alpha value is -0.600. The molecule has 1 aromatic rings. The molecule has 0 aliphatic rings. The Morgan fingerprint density at radius 3 is 2.80 bits per heavy atom. The summed E-state index contributed by atoms with van der Waals surface area (Å²) in [5, 5.41) is 3.53. The van der Waals surface area contributed by atoms with Gasteiger partial charge in [0.15, 0.2) is 0 Å². The van der Waals surface area contributed by atoms with Gasteiger partial charge in [-0.1, -0.05) is 47.1 Å². The minimum atomic E-state index is 0.373. The van der Waals surface area contributed by atoms with Crippen molar-refractivity contribution in [2.24, 2.45) is 0 Å². The maximum absolute atomic E-state index is 3.81. The van der Waals surface area contributed by atoms with Gasteiger partial charge in [-0.05, 0) is 31.0 Å². The first-order valence-electron chi connectivity index (χ1n) is 5.38. The smallest absolute Gasteiger partial charge is 0.0366 e. The SMILES string of the molecule is C=CCC(NCCC)c1ccccc1Br. The van der Waals surface area contributed by atoms with Gasteiger partial charge >= 0.3 is 0 Å². The van der Waals surface area contributed by atoms with Crippen LogP contribution >= 0.6 is 15.9 Å². The van der Waals surface area contributed by atoms with Crippen LogP contribution in [-0.2, 0) is 0 Å². The molecule has 0 saturated carbocycles. The van der Waals surface area contributed by atoms with Crippen molar-refractivity contribution in [2.45, 2.75) is 25.8 Å². The highest BCUT2D eigenvalue weighted by Gasteiger charge is 2.10. The quantitative estimate of drug-likeness (QED) is 0.767. The highest BCUT2D eigenvalue weighted by molar-refractivity contribution is 9.10. The van der Waals surface area contributed by atoms with Crippen LogP contribution in [0.3, 0.4) is 0 Å². The maximum atomic E-state index is 3.81. The van der Waals surface area contributed by atoms with Gasteiger partial charge in [0.05, 0.1) is 0 Å². The molecule has 1 rings (SSSR count). The van der Waals surface area contributed by atoms with Crippen molar-refractivity contribution in [3.05, 3.63) is 47.0 Å². The lowest BCUT2D eigenvalue weighted by Crippen LogP contribution is -2.21. The molecular weight excluding hydrogens is 250 g/mol. The fourth-order valence-corrected chi connectivity index (χ4v) is 2.12. The minimum absolute atomic E-state index is 0.373. The normalized spacial score (nSPS) is 12.4. The van der Waals surface area contributed by atoms with Gasteiger partial charge in [-0.3, -0.25) is 0 Å². The molecule has 0 aliphatic carbocycles. The van der Waals surface area contributed by atoms with Crippen LogP contribution in [0.5, 0.6) is 0 Å². The number of halogens is 1. The Morgan fingerprint density at radius 1 is 1.47 bits per heavy atom. The molecule has 1 aromatic carbocycles. The van der Waals surface area contributed by atoms with E-state index in [9.17, 15) is 0 Å². The summed E-state index contributed by atoms with van der Waals surface area (Å²) in [5.41, 5.74) is 1.31. The molecule has 0 heterocycles. The molecule has 0 amide bonds. The summed E-state index contributed by atoms with van der Waals surface area (Å²) < 4.78 is 1.17. The lowest BCUT2D eigenvalue weighted by molar-refractivity contribution is 0.535. The molecule has 1 N–H and O–H groups in total. The summed E-state index contributed by atoms with van der Waals surface area (Å²) in [6.07, 6.45) is 4.08. The van der Waals surface area contributed by atoms with E-state index in [4.69, 9.17) is 0 Å². The topological polar surface area (TPSA) is 12.0 Å². The Balaban J connectivity index is 2.78. The predicted octanol–water partition coefficient (Wildman–Crippen LogP) is 4.07. The van der Waals surface area contributed by atoms with E-state index in [0.29, 0.717) is 6.04 Å². The molecule has 0 bridgehead atoms. The van der Waals surface area contributed by atoms with E-state index < -0.39 is 0 Å². The van der Waals surface area contributed by atoms with Crippen LogP contribution in [0.15, 0.2) is 41.4 Å². The first kappa shape index (κ1) is 12.5. The summed E-state index contributed by atoms with van der Waals surface area (Å²) in [6, 6.07) is 8.72. The second-order valence-electron chi connectivity index (χ2n) is 3.55. The Kier molecular flexibility index (Phi) is 5.66. The van der Waals surface area contributed by atoms with Crippen molar-refractivity contribution in [3.8, 4) is 0 Å². The van der Waals surface area contributed by atoms with Crippen LogP contribution in [0.4, 0.5) is 0 Å². The fraction of sp³-hybridized carbons (Fsp3) is 0.385. The second kappa shape index (κ2) is 6.81. The van der Waals surface area contributed by atoms with Gasteiger partial charge in [-0.25, -0.2) is 0 Å². The van der Waals surface area contributed by atoms with Crippen molar-refractivity contribution in [3.63, 3.8) is 0 Å². The molecule has 15 heavy (non-hydrogen) atoms. The third kappa shape index (κ3) is 3.80. The van der Waals surface area contributed by atoms with Gasteiger partial charge in [0.1, 0.15) is 0 Å². The molecule has 2 heteroatoms. The standard InChI is InChI=1S/C13H18BrN/c1-3-7-13(15-10-4-2)11-8-5-6-9-12(11)14/h3,5-6,8-9,13,15H,1,4,7,10H2,2H3. The van der Waals surface area contributed by atoms with Gasteiger partial charge < -0.3 is 5.32 Å². The molecular formula is C13H18BrN. The van der Waals surface area contributed by atoms with Gasteiger partial charge in [-0.2, -0.15) is 0 Å². The third-order valence-electron chi connectivity index (χ3n) is 2.32. The van der Waals surface area contributed by atoms with E-state index in [-0.39, 0.29) is 0 Å². The van der Waals surface area contributed by atoms with E-state index in [1.807, 2.05) is 12.1 Å². The Morgan fingerprint density at radius 2 is 2.20 bits per heavy atom. The lowest BCUT2D eigenvalue weighted by Gasteiger charge is -2.18. The number of hydrogen-bond acceptors (Lipinski definition) is 1. The minimum Gasteiger partial charge on any atom is -0.310 e. The van der Waals surface area contributed by atoms with Gasteiger partial charge in [0.25, 0.3) is 0 Å². The van der Waals surface area contributed by atoms with Crippen molar-refractivity contribution >= 4 is 15.9 Å². The molecule has 0 fully saturated rings. The van der Waals surface area contributed by atoms with E-state index in [2.05, 4.69) is 52.9 Å². The number of rotatable bonds is 6. The van der Waals surface area contributed by atoms with Crippen LogP contribution in [-0.4, -0.2) is 6.54 Å². The average Bonchev–Trinajstić information content (AvgIpc) is 2.25. The first-order chi connectivity index (χ1) is 7.29. The van der Waals surface area contributed by atoms with Crippen LogP contribution in [0.1, 0.15) is 31.4 Å². The number of nitrogens with one attached hydrogen (secondary N) is 1. The predicted molar refractivity (Wildman–Crippen MR) is 70.0 cm³/mol. The van der Waals surface area contributed by atoms with Gasteiger partial charge in [0.2, 0.25) is 0 Å².